The van der Waals surface area contributed by atoms with Gasteiger partial charge >= 0.3 is 5.97 Å². The Morgan fingerprint density at radius 1 is 1.16 bits per heavy atom. The lowest BCUT2D eigenvalue weighted by Crippen LogP contribution is -2.37. The molecule has 0 saturated carbocycles. The third kappa shape index (κ3) is 11.8. The quantitative estimate of drug-likeness (QED) is 0.183. The van der Waals surface area contributed by atoms with E-state index in [4.69, 9.17) is 4.74 Å². The lowest BCUT2D eigenvalue weighted by molar-refractivity contribution is -0.143. The summed E-state index contributed by atoms with van der Waals surface area (Å²) in [6, 6.07) is 8.44. The summed E-state index contributed by atoms with van der Waals surface area (Å²) in [6.45, 7) is 6.05. The van der Waals surface area contributed by atoms with Crippen LogP contribution in [0.3, 0.4) is 0 Å². The predicted molar refractivity (Wildman–Crippen MR) is 115 cm³/mol. The predicted octanol–water partition coefficient (Wildman–Crippen LogP) is 3.79. The number of nitrogens with one attached hydrogen (secondary N) is 2. The molecule has 1 rings (SSSR count). The molecule has 6 heteroatoms. The second kappa shape index (κ2) is 15.0. The largest absolute Gasteiger partial charge is 0.466 e. The first-order chi connectivity index (χ1) is 11.7. The Kier molecular flexibility index (Phi) is 14.2. The minimum absolute atomic E-state index is 0. The molecule has 0 spiro atoms. The number of ether oxygens (including phenoxy) is 1. The lowest BCUT2D eigenvalue weighted by Gasteiger charge is -2.12. The number of hydrogen-bond acceptors (Lipinski definition) is 3. The Morgan fingerprint density at radius 2 is 1.92 bits per heavy atom. The summed E-state index contributed by atoms with van der Waals surface area (Å²) in [7, 11) is 1.78. The summed E-state index contributed by atoms with van der Waals surface area (Å²) < 4.78 is 4.91. The number of guanidine groups is 1. The Balaban J connectivity index is 0.00000576. The number of benzene rings is 1. The second-order valence-corrected chi connectivity index (χ2v) is 5.81. The first-order valence-electron chi connectivity index (χ1n) is 8.81. The van der Waals surface area contributed by atoms with Crippen LogP contribution < -0.4 is 10.6 Å². The topological polar surface area (TPSA) is 62.7 Å². The summed E-state index contributed by atoms with van der Waals surface area (Å²) in [5, 5.41) is 6.64. The maximum Gasteiger partial charge on any atom is 0.305 e. The van der Waals surface area contributed by atoms with Crippen LogP contribution in [0.1, 0.15) is 50.2 Å². The van der Waals surface area contributed by atoms with E-state index < -0.39 is 0 Å². The summed E-state index contributed by atoms with van der Waals surface area (Å²) in [6.07, 6.45) is 4.64. The number of carbonyl (C=O) groups is 1. The van der Waals surface area contributed by atoms with E-state index in [1.54, 1.807) is 7.05 Å². The molecule has 2 N–H and O–H groups in total. The fourth-order valence-corrected chi connectivity index (χ4v) is 2.42. The Labute approximate surface area is 169 Å². The molecule has 25 heavy (non-hydrogen) atoms. The van der Waals surface area contributed by atoms with Gasteiger partial charge in [-0.2, -0.15) is 0 Å². The van der Waals surface area contributed by atoms with Gasteiger partial charge in [-0.1, -0.05) is 42.7 Å². The van der Waals surface area contributed by atoms with Gasteiger partial charge in [-0.3, -0.25) is 9.79 Å². The van der Waals surface area contributed by atoms with Crippen molar-refractivity contribution in [3.05, 3.63) is 35.4 Å². The Bertz CT molecular complexity index is 521. The second-order valence-electron chi connectivity index (χ2n) is 5.81. The third-order valence-corrected chi connectivity index (χ3v) is 3.67. The fourth-order valence-electron chi connectivity index (χ4n) is 2.42. The van der Waals surface area contributed by atoms with Gasteiger partial charge in [-0.25, -0.2) is 0 Å². The molecule has 0 radical (unpaired) electrons. The van der Waals surface area contributed by atoms with Gasteiger partial charge in [0, 0.05) is 26.6 Å². The molecule has 0 atom stereocenters. The van der Waals surface area contributed by atoms with Crippen molar-refractivity contribution in [2.24, 2.45) is 4.99 Å². The number of nitrogens with zero attached hydrogens (tertiary/aromatic N) is 1. The van der Waals surface area contributed by atoms with Crippen molar-refractivity contribution >= 4 is 35.9 Å². The highest BCUT2D eigenvalue weighted by molar-refractivity contribution is 14.0. The molecule has 0 amide bonds. The van der Waals surface area contributed by atoms with Crippen LogP contribution in [0.25, 0.3) is 0 Å². The van der Waals surface area contributed by atoms with E-state index in [2.05, 4.69) is 46.8 Å². The van der Waals surface area contributed by atoms with Crippen molar-refractivity contribution in [2.45, 2.75) is 52.5 Å². The first-order valence-corrected chi connectivity index (χ1v) is 8.81. The van der Waals surface area contributed by atoms with Crippen molar-refractivity contribution in [3.8, 4) is 0 Å². The zero-order valence-electron chi connectivity index (χ0n) is 15.6. The molecule has 0 saturated heterocycles. The van der Waals surface area contributed by atoms with Crippen LogP contribution >= 0.6 is 24.0 Å². The van der Waals surface area contributed by atoms with E-state index in [-0.39, 0.29) is 29.9 Å². The van der Waals surface area contributed by atoms with Gasteiger partial charge in [0.1, 0.15) is 0 Å². The molecule has 1 aromatic carbocycles. The van der Waals surface area contributed by atoms with Crippen LogP contribution in [0.15, 0.2) is 29.3 Å². The van der Waals surface area contributed by atoms with Gasteiger partial charge in [0.25, 0.3) is 0 Å². The van der Waals surface area contributed by atoms with E-state index in [9.17, 15) is 4.79 Å². The standard InChI is InChI=1S/C19H31N3O2.HI/c1-4-24-18(23)12-7-5-6-8-13-21-19(20-3)22-15-17-11-9-10-16(2)14-17;/h9-11,14H,4-8,12-13,15H2,1-3H3,(H2,20,21,22);1H. The van der Waals surface area contributed by atoms with Crippen LogP contribution in [0.2, 0.25) is 0 Å². The smallest absolute Gasteiger partial charge is 0.305 e. The molecule has 0 aliphatic carbocycles. The van der Waals surface area contributed by atoms with Gasteiger partial charge in [0.2, 0.25) is 0 Å². The van der Waals surface area contributed by atoms with Gasteiger partial charge in [0.05, 0.1) is 6.61 Å². The molecular weight excluding hydrogens is 429 g/mol. The minimum atomic E-state index is -0.0867. The highest BCUT2D eigenvalue weighted by atomic mass is 127. The molecule has 0 fully saturated rings. The van der Waals surface area contributed by atoms with E-state index in [1.807, 2.05) is 6.92 Å². The van der Waals surface area contributed by atoms with Crippen LogP contribution in [0.4, 0.5) is 0 Å². The van der Waals surface area contributed by atoms with Crippen molar-refractivity contribution in [2.75, 3.05) is 20.2 Å². The third-order valence-electron chi connectivity index (χ3n) is 3.67. The number of rotatable bonds is 10. The molecule has 0 aliphatic rings. The van der Waals surface area contributed by atoms with E-state index in [0.29, 0.717) is 13.0 Å². The van der Waals surface area contributed by atoms with E-state index in [0.717, 1.165) is 44.7 Å². The number of carbonyl (C=O) groups excluding carboxylic acids is 1. The molecule has 0 aliphatic heterocycles. The van der Waals surface area contributed by atoms with Gasteiger partial charge in [-0.05, 0) is 32.3 Å². The van der Waals surface area contributed by atoms with Gasteiger partial charge in [-0.15, -0.1) is 24.0 Å². The molecule has 0 unspecified atom stereocenters. The van der Waals surface area contributed by atoms with E-state index >= 15 is 0 Å². The first kappa shape index (κ1) is 23.7. The number of esters is 1. The SMILES string of the molecule is CCOC(=O)CCCCCCNC(=NC)NCc1cccc(C)c1.I. The highest BCUT2D eigenvalue weighted by Crippen LogP contribution is 2.04. The number of halogens is 1. The number of aryl methyl sites for hydroxylation is 1. The highest BCUT2D eigenvalue weighted by Gasteiger charge is 2.01. The van der Waals surface area contributed by atoms with E-state index in [1.165, 1.54) is 11.1 Å². The fraction of sp³-hybridized carbons (Fsp3) is 0.579. The van der Waals surface area contributed by atoms with Crippen LogP contribution in [0, 0.1) is 6.92 Å². The summed E-state index contributed by atoms with van der Waals surface area (Å²) >= 11 is 0. The zero-order valence-corrected chi connectivity index (χ0v) is 18.0. The number of aliphatic imine (C=N–C) groups is 1. The lowest BCUT2D eigenvalue weighted by atomic mass is 10.1. The Morgan fingerprint density at radius 3 is 2.60 bits per heavy atom. The summed E-state index contributed by atoms with van der Waals surface area (Å²) in [5.74, 6) is 0.736. The van der Waals surface area contributed by atoms with Crippen LogP contribution in [-0.4, -0.2) is 32.1 Å². The molecule has 5 nitrogen and oxygen atoms in total. The number of unbranched alkanes of at least 4 members (excludes halogenated alkanes) is 3. The number of hydrogen-bond donors (Lipinski definition) is 2. The normalized spacial score (nSPS) is 10.8. The van der Waals surface area contributed by atoms with Crippen molar-refractivity contribution < 1.29 is 9.53 Å². The van der Waals surface area contributed by atoms with Crippen molar-refractivity contribution in [1.29, 1.82) is 0 Å². The van der Waals surface area contributed by atoms with Crippen LogP contribution in [0.5, 0.6) is 0 Å². The summed E-state index contributed by atoms with van der Waals surface area (Å²) in [5.41, 5.74) is 2.51. The zero-order chi connectivity index (χ0) is 17.6. The van der Waals surface area contributed by atoms with Crippen LogP contribution in [-0.2, 0) is 16.1 Å². The molecule has 1 aromatic rings. The maximum absolute atomic E-state index is 11.2. The molecule has 142 valence electrons. The van der Waals surface area contributed by atoms with Crippen molar-refractivity contribution in [1.82, 2.24) is 10.6 Å². The monoisotopic (exact) mass is 461 g/mol. The maximum atomic E-state index is 11.2. The average Bonchev–Trinajstić information content (AvgIpc) is 2.57. The van der Waals surface area contributed by atoms with Gasteiger partial charge < -0.3 is 15.4 Å². The Hall–Kier alpha value is -1.31. The average molecular weight is 461 g/mol. The molecular formula is C19H32IN3O2. The van der Waals surface area contributed by atoms with Gasteiger partial charge in [0.15, 0.2) is 5.96 Å². The van der Waals surface area contributed by atoms with Crippen molar-refractivity contribution in [3.63, 3.8) is 0 Å². The molecule has 0 bridgehead atoms. The minimum Gasteiger partial charge on any atom is -0.466 e. The summed E-state index contributed by atoms with van der Waals surface area (Å²) in [4.78, 5) is 15.4. The molecule has 0 heterocycles. The molecule has 0 aromatic heterocycles.